The fraction of sp³-hybridized carbons (Fsp3) is 0.364. The second-order valence-electron chi connectivity index (χ2n) is 1.70. The van der Waals surface area contributed by atoms with Gasteiger partial charge in [-0.05, 0) is 12.2 Å². The van der Waals surface area contributed by atoms with Gasteiger partial charge in [0.25, 0.3) is 0 Å². The third kappa shape index (κ3) is 4.82. The number of nitrogens with one attached hydrogen (secondary N) is 1. The highest BCUT2D eigenvalue weighted by Gasteiger charge is 1.98. The van der Waals surface area contributed by atoms with Crippen molar-refractivity contribution in [3.05, 3.63) is 33.4 Å². The predicted molar refractivity (Wildman–Crippen MR) is 67.8 cm³/mol. The first-order valence-electron chi connectivity index (χ1n) is 4.76. The lowest BCUT2D eigenvalue weighted by atomic mass is 10.3. The van der Waals surface area contributed by atoms with Gasteiger partial charge in [-0.1, -0.05) is 52.2 Å². The maximum atomic E-state index is 10.7. The van der Waals surface area contributed by atoms with Crippen LogP contribution in [0.15, 0.2) is 18.0 Å². The molecule has 1 aromatic rings. The van der Waals surface area contributed by atoms with Gasteiger partial charge in [-0.15, -0.1) is 0 Å². The zero-order chi connectivity index (χ0) is 11.6. The van der Waals surface area contributed by atoms with Crippen molar-refractivity contribution in [1.82, 2.24) is 4.98 Å². The molecule has 0 radical (unpaired) electrons. The Labute approximate surface area is 90.0 Å². The average molecular weight is 213 g/mol. The molecular weight excluding hydrogens is 194 g/mol. The van der Waals surface area contributed by atoms with Gasteiger partial charge in [-0.2, -0.15) is 0 Å². The molecule has 0 aliphatic carbocycles. The summed E-state index contributed by atoms with van der Waals surface area (Å²) >= 11 is 1.14. The van der Waals surface area contributed by atoms with E-state index in [1.54, 1.807) is 12.2 Å². The largest absolute Gasteiger partial charge is 0.312 e. The summed E-state index contributed by atoms with van der Waals surface area (Å²) in [5, 5.41) is 0. The molecular formula is C11H19NOS. The monoisotopic (exact) mass is 213 g/mol. The highest BCUT2D eigenvalue weighted by molar-refractivity contribution is 7.10. The Balaban J connectivity index is 0. The summed E-state index contributed by atoms with van der Waals surface area (Å²) in [6.45, 7) is 15.1. The molecule has 1 rings (SSSR count). The molecule has 1 aromatic heterocycles. The van der Waals surface area contributed by atoms with Gasteiger partial charge in [0.1, 0.15) is 0 Å². The summed E-state index contributed by atoms with van der Waals surface area (Å²) in [5.74, 6) is 0. The Morgan fingerprint density at radius 1 is 1.14 bits per heavy atom. The van der Waals surface area contributed by atoms with E-state index in [0.29, 0.717) is 0 Å². The molecule has 0 aliphatic rings. The topological polar surface area (TPSA) is 32.9 Å². The minimum atomic E-state index is -0.0650. The molecule has 0 fully saturated rings. The van der Waals surface area contributed by atoms with Gasteiger partial charge in [-0.25, -0.2) is 0 Å². The van der Waals surface area contributed by atoms with E-state index in [2.05, 4.69) is 18.1 Å². The molecule has 0 saturated heterocycles. The van der Waals surface area contributed by atoms with E-state index in [9.17, 15) is 4.79 Å². The number of aromatic amines is 1. The molecule has 14 heavy (non-hydrogen) atoms. The molecule has 0 unspecified atom stereocenters. The zero-order valence-electron chi connectivity index (χ0n) is 9.39. The van der Waals surface area contributed by atoms with E-state index in [1.807, 2.05) is 27.7 Å². The van der Waals surface area contributed by atoms with Gasteiger partial charge in [0, 0.05) is 0 Å². The number of aromatic nitrogens is 1. The van der Waals surface area contributed by atoms with Crippen LogP contribution in [0.25, 0.3) is 12.2 Å². The van der Waals surface area contributed by atoms with Crippen LogP contribution < -0.4 is 4.87 Å². The molecule has 2 nitrogen and oxygen atoms in total. The van der Waals surface area contributed by atoms with Crippen molar-refractivity contribution in [3.8, 4) is 0 Å². The zero-order valence-corrected chi connectivity index (χ0v) is 10.2. The van der Waals surface area contributed by atoms with E-state index in [4.69, 9.17) is 0 Å². The lowest BCUT2D eigenvalue weighted by molar-refractivity contribution is 1.31. The molecule has 0 bridgehead atoms. The van der Waals surface area contributed by atoms with Crippen molar-refractivity contribution >= 4 is 23.5 Å². The van der Waals surface area contributed by atoms with Crippen LogP contribution in [-0.2, 0) is 0 Å². The van der Waals surface area contributed by atoms with Gasteiger partial charge >= 0.3 is 4.87 Å². The fourth-order valence-corrected chi connectivity index (χ4v) is 1.34. The molecule has 0 spiro atoms. The first-order chi connectivity index (χ1) is 6.77. The van der Waals surface area contributed by atoms with Gasteiger partial charge in [0.15, 0.2) is 0 Å². The van der Waals surface area contributed by atoms with Crippen molar-refractivity contribution in [2.75, 3.05) is 0 Å². The fourth-order valence-electron chi connectivity index (χ4n) is 0.655. The van der Waals surface area contributed by atoms with E-state index in [1.165, 1.54) is 0 Å². The van der Waals surface area contributed by atoms with E-state index >= 15 is 0 Å². The highest BCUT2D eigenvalue weighted by Crippen LogP contribution is 2.10. The molecule has 0 aliphatic heterocycles. The summed E-state index contributed by atoms with van der Waals surface area (Å²) in [4.78, 5) is 14.1. The molecule has 80 valence electrons. The summed E-state index contributed by atoms with van der Waals surface area (Å²) in [6, 6.07) is 0. The van der Waals surface area contributed by atoms with Gasteiger partial charge < -0.3 is 4.98 Å². The maximum Gasteiger partial charge on any atom is 0.305 e. The third-order valence-corrected chi connectivity index (χ3v) is 1.99. The Kier molecular flexibility index (Phi) is 11.0. The average Bonchev–Trinajstić information content (AvgIpc) is 2.64. The molecule has 3 heteroatoms. The van der Waals surface area contributed by atoms with E-state index < -0.39 is 0 Å². The normalized spacial score (nSPS) is 7.43. The number of hydrogen-bond acceptors (Lipinski definition) is 2. The lowest BCUT2D eigenvalue weighted by Gasteiger charge is -1.84. The number of thiazole rings is 1. The lowest BCUT2D eigenvalue weighted by Crippen LogP contribution is -1.91. The van der Waals surface area contributed by atoms with Crippen LogP contribution in [0.4, 0.5) is 0 Å². The van der Waals surface area contributed by atoms with Crippen LogP contribution in [0, 0.1) is 0 Å². The standard InChI is InChI=1S/C7H7NOS.2C2H6/c1-3-5-6(4-2)10-7(9)8-5;2*1-2/h3-4H,1-2H2,(H,8,9);2*1-2H3. The second-order valence-corrected chi connectivity index (χ2v) is 2.72. The Hall–Kier alpha value is -1.09. The van der Waals surface area contributed by atoms with Crippen LogP contribution in [0.5, 0.6) is 0 Å². The summed E-state index contributed by atoms with van der Waals surface area (Å²) in [7, 11) is 0. The predicted octanol–water partition coefficient (Wildman–Crippen LogP) is 3.77. The third-order valence-electron chi connectivity index (χ3n) is 1.09. The Morgan fingerprint density at radius 3 is 1.93 bits per heavy atom. The molecule has 1 N–H and O–H groups in total. The van der Waals surface area contributed by atoms with Crippen molar-refractivity contribution in [2.24, 2.45) is 0 Å². The summed E-state index contributed by atoms with van der Waals surface area (Å²) in [6.07, 6.45) is 3.24. The van der Waals surface area contributed by atoms with Crippen molar-refractivity contribution in [3.63, 3.8) is 0 Å². The second kappa shape index (κ2) is 9.99. The number of H-pyrrole nitrogens is 1. The van der Waals surface area contributed by atoms with Crippen LogP contribution in [-0.4, -0.2) is 4.98 Å². The molecule has 0 aromatic carbocycles. The van der Waals surface area contributed by atoms with Crippen LogP contribution in [0.1, 0.15) is 38.3 Å². The van der Waals surface area contributed by atoms with Crippen LogP contribution in [0.2, 0.25) is 0 Å². The molecule has 0 amide bonds. The van der Waals surface area contributed by atoms with Crippen molar-refractivity contribution < 1.29 is 0 Å². The summed E-state index contributed by atoms with van der Waals surface area (Å²) < 4.78 is 0. The summed E-state index contributed by atoms with van der Waals surface area (Å²) in [5.41, 5.74) is 0.755. The first kappa shape index (κ1) is 15.4. The van der Waals surface area contributed by atoms with Gasteiger partial charge in [-0.3, -0.25) is 4.79 Å². The van der Waals surface area contributed by atoms with E-state index in [-0.39, 0.29) is 4.87 Å². The minimum absolute atomic E-state index is 0.0650. The SMILES string of the molecule is C=Cc1[nH]c(=O)sc1C=C.CC.CC. The Morgan fingerprint density at radius 2 is 1.64 bits per heavy atom. The molecule has 0 saturated carbocycles. The molecule has 0 atom stereocenters. The minimum Gasteiger partial charge on any atom is -0.312 e. The smallest absolute Gasteiger partial charge is 0.305 e. The van der Waals surface area contributed by atoms with E-state index in [0.717, 1.165) is 21.9 Å². The quantitative estimate of drug-likeness (QED) is 0.797. The Bertz CT molecular complexity index is 281. The number of rotatable bonds is 2. The van der Waals surface area contributed by atoms with Gasteiger partial charge in [0.05, 0.1) is 10.6 Å². The maximum absolute atomic E-state index is 10.7. The molecule has 1 heterocycles. The highest BCUT2D eigenvalue weighted by atomic mass is 32.1. The van der Waals surface area contributed by atoms with Crippen LogP contribution >= 0.6 is 11.3 Å². The number of hydrogen-bond donors (Lipinski definition) is 1. The first-order valence-corrected chi connectivity index (χ1v) is 5.57. The van der Waals surface area contributed by atoms with Crippen molar-refractivity contribution in [2.45, 2.75) is 27.7 Å². The van der Waals surface area contributed by atoms with Gasteiger partial charge in [0.2, 0.25) is 0 Å². The van der Waals surface area contributed by atoms with Crippen molar-refractivity contribution in [1.29, 1.82) is 0 Å². The van der Waals surface area contributed by atoms with Crippen LogP contribution in [0.3, 0.4) is 0 Å².